The van der Waals surface area contributed by atoms with Crippen molar-refractivity contribution in [1.82, 2.24) is 3.59 Å². The maximum atomic E-state index is 11.3. The van der Waals surface area contributed by atoms with Crippen LogP contribution in [0.3, 0.4) is 0 Å². The minimum Gasteiger partial charge on any atom is -0.282 e. The Morgan fingerprint density at radius 2 is 1.88 bits per heavy atom. The zero-order valence-corrected chi connectivity index (χ0v) is 10.2. The molecule has 0 aliphatic heterocycles. The van der Waals surface area contributed by atoms with Crippen LogP contribution in [-0.2, 0) is 10.1 Å². The highest BCUT2D eigenvalue weighted by Gasteiger charge is 2.10. The fourth-order valence-corrected chi connectivity index (χ4v) is 2.31. The van der Waals surface area contributed by atoms with E-state index in [-0.39, 0.29) is 10.5 Å². The third-order valence-corrected chi connectivity index (χ3v) is 3.69. The van der Waals surface area contributed by atoms with Gasteiger partial charge < -0.3 is 0 Å². The maximum absolute atomic E-state index is 11.3. The number of halogens is 1. The molecule has 0 saturated heterocycles. The summed E-state index contributed by atoms with van der Waals surface area (Å²) in [5, 5.41) is 0.534. The lowest BCUT2D eigenvalue weighted by atomic mass is 10.2. The first-order chi connectivity index (χ1) is 7.39. The molecule has 0 bridgehead atoms. The summed E-state index contributed by atoms with van der Waals surface area (Å²) in [6.45, 7) is 0. The van der Waals surface area contributed by atoms with Gasteiger partial charge in [-0.25, -0.2) is 3.59 Å². The van der Waals surface area contributed by atoms with Crippen molar-refractivity contribution in [3.05, 3.63) is 40.7 Å². The summed E-state index contributed by atoms with van der Waals surface area (Å²) >= 11 is 3.05. The Morgan fingerprint density at radius 1 is 1.19 bits per heavy atom. The fourth-order valence-electron chi connectivity index (χ4n) is 1.35. The highest BCUT2D eigenvalue weighted by Crippen LogP contribution is 2.18. The van der Waals surface area contributed by atoms with Crippen molar-refractivity contribution in [2.75, 3.05) is 0 Å². The second-order valence-corrected chi connectivity index (χ2v) is 5.28. The molecular weight excluding hydrogens is 298 g/mol. The summed E-state index contributed by atoms with van der Waals surface area (Å²) in [5.74, 6) is 0. The largest absolute Gasteiger partial charge is 0.294 e. The van der Waals surface area contributed by atoms with Crippen LogP contribution in [0.25, 0.3) is 10.9 Å². The van der Waals surface area contributed by atoms with Crippen molar-refractivity contribution in [2.24, 2.45) is 0 Å². The number of fused-ring (bicyclic) bond motifs is 1. The molecule has 0 fully saturated rings. The van der Waals surface area contributed by atoms with Crippen LogP contribution in [0.5, 0.6) is 0 Å². The van der Waals surface area contributed by atoms with Gasteiger partial charge in [0.05, 0.1) is 26.6 Å². The Bertz CT molecular complexity index is 720. The second kappa shape index (κ2) is 3.69. The molecule has 5 nitrogen and oxygen atoms in total. The molecule has 0 aliphatic rings. The summed E-state index contributed by atoms with van der Waals surface area (Å²) < 4.78 is 31.9. The van der Waals surface area contributed by atoms with Crippen LogP contribution in [0.2, 0.25) is 0 Å². The van der Waals surface area contributed by atoms with Crippen LogP contribution in [0.4, 0.5) is 0 Å². The van der Waals surface area contributed by atoms with Crippen molar-refractivity contribution >= 4 is 37.2 Å². The van der Waals surface area contributed by atoms with Gasteiger partial charge in [0.1, 0.15) is 0 Å². The molecule has 1 N–H and O–H groups in total. The van der Waals surface area contributed by atoms with Gasteiger partial charge in [0.25, 0.3) is 15.7 Å². The topological polar surface area (TPSA) is 76.4 Å². The molecule has 0 saturated carbocycles. The van der Waals surface area contributed by atoms with Crippen LogP contribution in [0.15, 0.2) is 40.0 Å². The first-order valence-electron chi connectivity index (χ1n) is 4.19. The van der Waals surface area contributed by atoms with E-state index in [2.05, 4.69) is 16.1 Å². The van der Waals surface area contributed by atoms with Crippen LogP contribution < -0.4 is 5.56 Å². The number of benzene rings is 1. The molecule has 1 aromatic carbocycles. The normalized spacial score (nSPS) is 11.9. The van der Waals surface area contributed by atoms with E-state index in [0.29, 0.717) is 10.9 Å². The summed E-state index contributed by atoms with van der Waals surface area (Å²) in [4.78, 5) is 11.1. The van der Waals surface area contributed by atoms with Crippen LogP contribution in [-0.4, -0.2) is 16.6 Å². The smallest absolute Gasteiger partial charge is 0.282 e. The Morgan fingerprint density at radius 3 is 2.50 bits per heavy atom. The predicted octanol–water partition coefficient (Wildman–Crippen LogP) is 1.41. The summed E-state index contributed by atoms with van der Waals surface area (Å²) in [7, 11) is -4.22. The summed E-state index contributed by atoms with van der Waals surface area (Å²) in [6.07, 6.45) is 0. The molecule has 0 radical (unpaired) electrons. The quantitative estimate of drug-likeness (QED) is 0.808. The van der Waals surface area contributed by atoms with Gasteiger partial charge in [0.2, 0.25) is 0 Å². The molecular formula is C9H6BrNO4S. The van der Waals surface area contributed by atoms with Gasteiger partial charge in [-0.2, -0.15) is 8.42 Å². The van der Waals surface area contributed by atoms with E-state index in [9.17, 15) is 13.2 Å². The van der Waals surface area contributed by atoms with Gasteiger partial charge in [-0.1, -0.05) is 0 Å². The van der Waals surface area contributed by atoms with Crippen molar-refractivity contribution < 1.29 is 13.0 Å². The second-order valence-electron chi connectivity index (χ2n) is 3.15. The molecule has 1 heterocycles. The van der Waals surface area contributed by atoms with E-state index in [4.69, 9.17) is 4.55 Å². The molecule has 2 aromatic rings. The molecule has 0 atom stereocenters. The number of nitrogens with zero attached hydrogens (tertiary/aromatic N) is 1. The molecule has 0 unspecified atom stereocenters. The predicted molar refractivity (Wildman–Crippen MR) is 62.3 cm³/mol. The van der Waals surface area contributed by atoms with Gasteiger partial charge in [0.15, 0.2) is 0 Å². The molecule has 0 amide bonds. The fraction of sp³-hybridized carbons (Fsp3) is 0. The standard InChI is InChI=1S/C9H6BrNO4S/c10-11-8-3-2-7(16(13,14)15)5-6(8)1-4-9(11)12/h1-5H,(H,13,14,15). The zero-order valence-electron chi connectivity index (χ0n) is 7.79. The number of hydrogen-bond acceptors (Lipinski definition) is 3. The third kappa shape index (κ3) is 1.89. The Kier molecular flexibility index (Phi) is 2.61. The van der Waals surface area contributed by atoms with E-state index in [1.165, 1.54) is 33.9 Å². The van der Waals surface area contributed by atoms with Crippen LogP contribution in [0.1, 0.15) is 0 Å². The van der Waals surface area contributed by atoms with Gasteiger partial charge in [0, 0.05) is 11.5 Å². The van der Waals surface area contributed by atoms with Gasteiger partial charge >= 0.3 is 0 Å². The average molecular weight is 304 g/mol. The third-order valence-electron chi connectivity index (χ3n) is 2.11. The van der Waals surface area contributed by atoms with Crippen molar-refractivity contribution in [1.29, 1.82) is 0 Å². The Labute approximate surface area is 99.4 Å². The molecule has 1 aromatic heterocycles. The highest BCUT2D eigenvalue weighted by molar-refractivity contribution is 9.08. The lowest BCUT2D eigenvalue weighted by molar-refractivity contribution is 0.483. The first-order valence-corrected chi connectivity index (χ1v) is 6.34. The monoisotopic (exact) mass is 303 g/mol. The van der Waals surface area contributed by atoms with E-state index in [0.717, 1.165) is 0 Å². The SMILES string of the molecule is O=c1ccc2cc(S(=O)(=O)O)ccc2n1Br. The molecule has 2 rings (SSSR count). The molecule has 7 heteroatoms. The first kappa shape index (κ1) is 11.3. The summed E-state index contributed by atoms with van der Waals surface area (Å²) in [5.41, 5.74) is 0.270. The molecule has 0 spiro atoms. The zero-order chi connectivity index (χ0) is 11.9. The van der Waals surface area contributed by atoms with Crippen molar-refractivity contribution in [3.63, 3.8) is 0 Å². The van der Waals surface area contributed by atoms with Crippen molar-refractivity contribution in [2.45, 2.75) is 4.90 Å². The Balaban J connectivity index is 2.85. The van der Waals surface area contributed by atoms with Crippen LogP contribution >= 0.6 is 16.1 Å². The number of hydrogen-bond donors (Lipinski definition) is 1. The average Bonchev–Trinajstić information content (AvgIpc) is 2.22. The van der Waals surface area contributed by atoms with Crippen LogP contribution in [0, 0.1) is 0 Å². The number of rotatable bonds is 1. The maximum Gasteiger partial charge on any atom is 0.294 e. The number of aromatic nitrogens is 1. The van der Waals surface area contributed by atoms with Gasteiger partial charge in [-0.05, 0) is 24.3 Å². The summed E-state index contributed by atoms with van der Waals surface area (Å²) in [6, 6.07) is 6.75. The minimum absolute atomic E-state index is 0.203. The van der Waals surface area contributed by atoms with Gasteiger partial charge in [-0.3, -0.25) is 9.35 Å². The minimum atomic E-state index is -4.22. The number of pyridine rings is 1. The lowest BCUT2D eigenvalue weighted by Crippen LogP contribution is -2.10. The van der Waals surface area contributed by atoms with E-state index < -0.39 is 10.1 Å². The molecule has 16 heavy (non-hydrogen) atoms. The molecule has 0 aliphatic carbocycles. The highest BCUT2D eigenvalue weighted by atomic mass is 79.9. The van der Waals surface area contributed by atoms with Gasteiger partial charge in [-0.15, -0.1) is 0 Å². The van der Waals surface area contributed by atoms with Crippen molar-refractivity contribution in [3.8, 4) is 0 Å². The van der Waals surface area contributed by atoms with E-state index >= 15 is 0 Å². The van der Waals surface area contributed by atoms with E-state index in [1.54, 1.807) is 0 Å². The molecule has 84 valence electrons. The van der Waals surface area contributed by atoms with E-state index in [1.807, 2.05) is 0 Å². The lowest BCUT2D eigenvalue weighted by Gasteiger charge is -2.03. The Hall–Kier alpha value is -1.18.